The van der Waals surface area contributed by atoms with Gasteiger partial charge in [0.2, 0.25) is 0 Å². The van der Waals surface area contributed by atoms with Crippen LogP contribution in [-0.4, -0.2) is 30.6 Å². The summed E-state index contributed by atoms with van der Waals surface area (Å²) < 4.78 is 13.3. The quantitative estimate of drug-likeness (QED) is 0.895. The summed E-state index contributed by atoms with van der Waals surface area (Å²) in [6.07, 6.45) is 5.17. The van der Waals surface area contributed by atoms with E-state index in [1.807, 2.05) is 0 Å². The SMILES string of the molecule is Fc1ccc(Cl)c(CN2CCC(NCC3CC3)CC2)c1. The highest BCUT2D eigenvalue weighted by molar-refractivity contribution is 6.31. The topological polar surface area (TPSA) is 15.3 Å². The largest absolute Gasteiger partial charge is 0.314 e. The molecule has 2 aliphatic rings. The molecule has 1 aromatic carbocycles. The molecule has 1 N–H and O–H groups in total. The molecule has 0 unspecified atom stereocenters. The first kappa shape index (κ1) is 14.3. The van der Waals surface area contributed by atoms with Crippen molar-refractivity contribution < 1.29 is 4.39 Å². The molecule has 1 saturated heterocycles. The summed E-state index contributed by atoms with van der Waals surface area (Å²) in [7, 11) is 0. The highest BCUT2D eigenvalue weighted by Gasteiger charge is 2.24. The highest BCUT2D eigenvalue weighted by atomic mass is 35.5. The summed E-state index contributed by atoms with van der Waals surface area (Å²) in [5, 5.41) is 4.34. The van der Waals surface area contributed by atoms with Crippen LogP contribution in [0.2, 0.25) is 5.02 Å². The molecule has 1 aliphatic heterocycles. The van der Waals surface area contributed by atoms with Gasteiger partial charge in [0.1, 0.15) is 5.82 Å². The van der Waals surface area contributed by atoms with E-state index in [9.17, 15) is 4.39 Å². The van der Waals surface area contributed by atoms with E-state index >= 15 is 0 Å². The highest BCUT2D eigenvalue weighted by Crippen LogP contribution is 2.28. The number of piperidine rings is 1. The van der Waals surface area contributed by atoms with Crippen molar-refractivity contribution in [2.75, 3.05) is 19.6 Å². The van der Waals surface area contributed by atoms with Crippen molar-refractivity contribution in [1.82, 2.24) is 10.2 Å². The fraction of sp³-hybridized carbons (Fsp3) is 0.625. The molecule has 3 rings (SSSR count). The Morgan fingerprint density at radius 1 is 1.20 bits per heavy atom. The molecule has 0 radical (unpaired) electrons. The Morgan fingerprint density at radius 2 is 1.95 bits per heavy atom. The van der Waals surface area contributed by atoms with E-state index in [1.165, 1.54) is 38.3 Å². The summed E-state index contributed by atoms with van der Waals surface area (Å²) >= 11 is 6.13. The molecule has 0 atom stereocenters. The number of nitrogens with zero attached hydrogens (tertiary/aromatic N) is 1. The van der Waals surface area contributed by atoms with Gasteiger partial charge in [0, 0.05) is 17.6 Å². The molecule has 1 aromatic rings. The third kappa shape index (κ3) is 3.94. The molecule has 110 valence electrons. The minimum atomic E-state index is -0.203. The van der Waals surface area contributed by atoms with E-state index in [0.717, 1.165) is 31.1 Å². The van der Waals surface area contributed by atoms with Crippen LogP contribution in [0.15, 0.2) is 18.2 Å². The minimum absolute atomic E-state index is 0.203. The Bertz CT molecular complexity index is 454. The lowest BCUT2D eigenvalue weighted by atomic mass is 10.0. The van der Waals surface area contributed by atoms with Crippen LogP contribution in [0.3, 0.4) is 0 Å². The average Bonchev–Trinajstić information content (AvgIpc) is 3.26. The number of halogens is 2. The molecule has 1 aliphatic carbocycles. The van der Waals surface area contributed by atoms with Crippen molar-refractivity contribution in [2.45, 2.75) is 38.3 Å². The summed E-state index contributed by atoms with van der Waals surface area (Å²) in [4.78, 5) is 2.37. The Labute approximate surface area is 125 Å². The van der Waals surface area contributed by atoms with Crippen LogP contribution in [0.4, 0.5) is 4.39 Å². The van der Waals surface area contributed by atoms with Crippen molar-refractivity contribution in [3.05, 3.63) is 34.6 Å². The van der Waals surface area contributed by atoms with Crippen LogP contribution >= 0.6 is 11.6 Å². The van der Waals surface area contributed by atoms with Gasteiger partial charge in [0.25, 0.3) is 0 Å². The molecule has 0 bridgehead atoms. The van der Waals surface area contributed by atoms with Gasteiger partial charge in [-0.2, -0.15) is 0 Å². The van der Waals surface area contributed by atoms with Crippen LogP contribution in [0.1, 0.15) is 31.2 Å². The maximum absolute atomic E-state index is 13.3. The van der Waals surface area contributed by atoms with E-state index in [1.54, 1.807) is 12.1 Å². The van der Waals surface area contributed by atoms with Gasteiger partial charge in [0.05, 0.1) is 0 Å². The molecule has 20 heavy (non-hydrogen) atoms. The van der Waals surface area contributed by atoms with Gasteiger partial charge in [-0.05, 0) is 75.0 Å². The fourth-order valence-corrected chi connectivity index (χ4v) is 3.03. The van der Waals surface area contributed by atoms with Crippen molar-refractivity contribution in [1.29, 1.82) is 0 Å². The van der Waals surface area contributed by atoms with Gasteiger partial charge in [-0.15, -0.1) is 0 Å². The normalized spacial score (nSPS) is 21.3. The lowest BCUT2D eigenvalue weighted by Crippen LogP contribution is -2.42. The molecule has 0 spiro atoms. The summed E-state index contributed by atoms with van der Waals surface area (Å²) in [6.45, 7) is 4.08. The van der Waals surface area contributed by atoms with E-state index in [2.05, 4.69) is 10.2 Å². The van der Waals surface area contributed by atoms with Crippen molar-refractivity contribution in [2.24, 2.45) is 5.92 Å². The molecule has 1 heterocycles. The van der Waals surface area contributed by atoms with E-state index in [4.69, 9.17) is 11.6 Å². The van der Waals surface area contributed by atoms with Gasteiger partial charge in [0.15, 0.2) is 0 Å². The maximum Gasteiger partial charge on any atom is 0.123 e. The molecular formula is C16H22ClFN2. The molecule has 2 fully saturated rings. The van der Waals surface area contributed by atoms with Crippen molar-refractivity contribution in [3.63, 3.8) is 0 Å². The first-order chi connectivity index (χ1) is 9.70. The van der Waals surface area contributed by atoms with Gasteiger partial charge in [-0.3, -0.25) is 4.90 Å². The molecule has 1 saturated carbocycles. The second-order valence-corrected chi connectivity index (χ2v) is 6.54. The van der Waals surface area contributed by atoms with Gasteiger partial charge in [-0.25, -0.2) is 4.39 Å². The zero-order valence-electron chi connectivity index (χ0n) is 11.7. The van der Waals surface area contributed by atoms with E-state index < -0.39 is 0 Å². The first-order valence-electron chi connectivity index (χ1n) is 7.60. The van der Waals surface area contributed by atoms with Gasteiger partial charge in [-0.1, -0.05) is 11.6 Å². The predicted octanol–water partition coefficient (Wildman–Crippen LogP) is 3.44. The van der Waals surface area contributed by atoms with Crippen LogP contribution in [0, 0.1) is 11.7 Å². The number of hydrogen-bond donors (Lipinski definition) is 1. The summed E-state index contributed by atoms with van der Waals surface area (Å²) in [5.74, 6) is 0.740. The zero-order valence-corrected chi connectivity index (χ0v) is 12.5. The summed E-state index contributed by atoms with van der Waals surface area (Å²) in [5.41, 5.74) is 0.899. The molecular weight excluding hydrogens is 275 g/mol. The zero-order chi connectivity index (χ0) is 13.9. The number of likely N-dealkylation sites (tertiary alicyclic amines) is 1. The number of hydrogen-bond acceptors (Lipinski definition) is 2. The smallest absolute Gasteiger partial charge is 0.123 e. The summed E-state index contributed by atoms with van der Waals surface area (Å²) in [6, 6.07) is 5.28. The van der Waals surface area contributed by atoms with Crippen LogP contribution in [-0.2, 0) is 6.54 Å². The third-order valence-corrected chi connectivity index (χ3v) is 4.75. The lowest BCUT2D eigenvalue weighted by Gasteiger charge is -2.32. The minimum Gasteiger partial charge on any atom is -0.314 e. The Balaban J connectivity index is 1.46. The fourth-order valence-electron chi connectivity index (χ4n) is 2.86. The second-order valence-electron chi connectivity index (χ2n) is 6.14. The van der Waals surface area contributed by atoms with Gasteiger partial charge < -0.3 is 5.32 Å². The van der Waals surface area contributed by atoms with Crippen LogP contribution < -0.4 is 5.32 Å². The monoisotopic (exact) mass is 296 g/mol. The first-order valence-corrected chi connectivity index (χ1v) is 7.98. The third-order valence-electron chi connectivity index (χ3n) is 4.38. The maximum atomic E-state index is 13.3. The standard InChI is InChI=1S/C16H22ClFN2/c17-16-4-3-14(18)9-13(16)11-20-7-5-15(6-8-20)19-10-12-1-2-12/h3-4,9,12,15,19H,1-2,5-8,10-11H2. The number of benzene rings is 1. The van der Waals surface area contributed by atoms with Crippen molar-refractivity contribution in [3.8, 4) is 0 Å². The predicted molar refractivity (Wildman–Crippen MR) is 80.4 cm³/mol. The van der Waals surface area contributed by atoms with Crippen molar-refractivity contribution >= 4 is 11.6 Å². The van der Waals surface area contributed by atoms with E-state index in [0.29, 0.717) is 11.1 Å². The Hall–Kier alpha value is -0.640. The van der Waals surface area contributed by atoms with Crippen LogP contribution in [0.25, 0.3) is 0 Å². The Kier molecular flexibility index (Phi) is 4.59. The van der Waals surface area contributed by atoms with E-state index in [-0.39, 0.29) is 5.82 Å². The molecule has 2 nitrogen and oxygen atoms in total. The second kappa shape index (κ2) is 6.42. The Morgan fingerprint density at radius 3 is 2.65 bits per heavy atom. The lowest BCUT2D eigenvalue weighted by molar-refractivity contribution is 0.190. The number of nitrogens with one attached hydrogen (secondary N) is 1. The molecule has 0 aromatic heterocycles. The average molecular weight is 297 g/mol. The van der Waals surface area contributed by atoms with Gasteiger partial charge >= 0.3 is 0 Å². The van der Waals surface area contributed by atoms with Crippen LogP contribution in [0.5, 0.6) is 0 Å². The number of rotatable bonds is 5. The molecule has 4 heteroatoms. The molecule has 0 amide bonds.